The molecule has 1 amide bonds. The minimum absolute atomic E-state index is 0.314. The van der Waals surface area contributed by atoms with Crippen molar-refractivity contribution < 1.29 is 14.3 Å². The SMILES string of the molecule is COc1cc(N2CCOCC2)ccc1/C=N\NC(=O)c1ccc(Cl)c(Cl)c1. The van der Waals surface area contributed by atoms with Gasteiger partial charge in [-0.2, -0.15) is 5.10 Å². The maximum Gasteiger partial charge on any atom is 0.271 e. The van der Waals surface area contributed by atoms with Crippen LogP contribution in [0.1, 0.15) is 15.9 Å². The molecule has 1 saturated heterocycles. The van der Waals surface area contributed by atoms with Crippen LogP contribution in [0.2, 0.25) is 10.0 Å². The number of nitrogens with one attached hydrogen (secondary N) is 1. The molecule has 0 bridgehead atoms. The Morgan fingerprint density at radius 1 is 1.19 bits per heavy atom. The molecular weight excluding hydrogens is 389 g/mol. The van der Waals surface area contributed by atoms with Crippen LogP contribution in [0.5, 0.6) is 5.75 Å². The van der Waals surface area contributed by atoms with Gasteiger partial charge >= 0.3 is 0 Å². The highest BCUT2D eigenvalue weighted by atomic mass is 35.5. The number of carbonyl (C=O) groups excluding carboxylic acids is 1. The normalized spacial score (nSPS) is 14.4. The van der Waals surface area contributed by atoms with Gasteiger partial charge in [-0.05, 0) is 30.3 Å². The van der Waals surface area contributed by atoms with E-state index in [1.807, 2.05) is 18.2 Å². The number of rotatable bonds is 5. The highest BCUT2D eigenvalue weighted by molar-refractivity contribution is 6.42. The van der Waals surface area contributed by atoms with Crippen LogP contribution in [0, 0.1) is 0 Å². The summed E-state index contributed by atoms with van der Waals surface area (Å²) >= 11 is 11.8. The molecule has 27 heavy (non-hydrogen) atoms. The number of morpholine rings is 1. The van der Waals surface area contributed by atoms with Crippen LogP contribution in [0.25, 0.3) is 0 Å². The van der Waals surface area contributed by atoms with Gasteiger partial charge in [-0.3, -0.25) is 4.79 Å². The minimum atomic E-state index is -0.381. The van der Waals surface area contributed by atoms with E-state index in [4.69, 9.17) is 32.7 Å². The first-order chi connectivity index (χ1) is 13.1. The van der Waals surface area contributed by atoms with Gasteiger partial charge in [-0.25, -0.2) is 5.43 Å². The Labute approximate surface area is 167 Å². The van der Waals surface area contributed by atoms with Crippen LogP contribution in [-0.4, -0.2) is 45.5 Å². The van der Waals surface area contributed by atoms with Gasteiger partial charge in [0.2, 0.25) is 0 Å². The largest absolute Gasteiger partial charge is 0.496 e. The fourth-order valence-electron chi connectivity index (χ4n) is 2.69. The molecule has 2 aromatic carbocycles. The number of anilines is 1. The Morgan fingerprint density at radius 3 is 2.67 bits per heavy atom. The molecule has 0 aromatic heterocycles. The third-order valence-corrected chi connectivity index (χ3v) is 4.88. The van der Waals surface area contributed by atoms with Gasteiger partial charge in [0.25, 0.3) is 5.91 Å². The van der Waals surface area contributed by atoms with E-state index in [9.17, 15) is 4.79 Å². The summed E-state index contributed by atoms with van der Waals surface area (Å²) in [4.78, 5) is 14.4. The Bertz CT molecular complexity index is 852. The summed E-state index contributed by atoms with van der Waals surface area (Å²) in [5.41, 5.74) is 4.66. The fraction of sp³-hybridized carbons (Fsp3) is 0.263. The summed E-state index contributed by atoms with van der Waals surface area (Å²) in [5, 5.41) is 4.71. The Balaban J connectivity index is 1.68. The van der Waals surface area contributed by atoms with E-state index in [1.165, 1.54) is 12.3 Å². The Morgan fingerprint density at radius 2 is 1.96 bits per heavy atom. The van der Waals surface area contributed by atoms with Crippen LogP contribution >= 0.6 is 23.2 Å². The molecule has 1 fully saturated rings. The molecule has 142 valence electrons. The molecule has 1 N–H and O–H groups in total. The average Bonchev–Trinajstić information content (AvgIpc) is 2.70. The molecule has 0 saturated carbocycles. The van der Waals surface area contributed by atoms with E-state index in [1.54, 1.807) is 19.2 Å². The second-order valence-corrected chi connectivity index (χ2v) is 6.67. The quantitative estimate of drug-likeness (QED) is 0.607. The zero-order valence-corrected chi connectivity index (χ0v) is 16.3. The smallest absolute Gasteiger partial charge is 0.271 e. The van der Waals surface area contributed by atoms with Gasteiger partial charge in [0.15, 0.2) is 0 Å². The van der Waals surface area contributed by atoms with E-state index in [2.05, 4.69) is 15.4 Å². The zero-order chi connectivity index (χ0) is 19.2. The summed E-state index contributed by atoms with van der Waals surface area (Å²) in [6, 6.07) is 10.5. The molecule has 0 spiro atoms. The number of methoxy groups -OCH3 is 1. The van der Waals surface area contributed by atoms with Crippen molar-refractivity contribution in [3.63, 3.8) is 0 Å². The van der Waals surface area contributed by atoms with Gasteiger partial charge < -0.3 is 14.4 Å². The number of halogens is 2. The molecule has 0 radical (unpaired) electrons. The van der Waals surface area contributed by atoms with Gasteiger partial charge in [-0.15, -0.1) is 0 Å². The molecule has 1 aliphatic rings. The molecule has 2 aromatic rings. The van der Waals surface area contributed by atoms with Crippen molar-refractivity contribution in [2.45, 2.75) is 0 Å². The highest BCUT2D eigenvalue weighted by Gasteiger charge is 2.13. The Hall–Kier alpha value is -2.28. The third-order valence-electron chi connectivity index (χ3n) is 4.14. The number of amides is 1. The van der Waals surface area contributed by atoms with Gasteiger partial charge in [0.05, 0.1) is 36.6 Å². The summed E-state index contributed by atoms with van der Waals surface area (Å²) < 4.78 is 10.8. The lowest BCUT2D eigenvalue weighted by Gasteiger charge is -2.29. The van der Waals surface area contributed by atoms with Crippen molar-refractivity contribution in [2.75, 3.05) is 38.3 Å². The number of benzene rings is 2. The molecule has 6 nitrogen and oxygen atoms in total. The number of hydrogen-bond donors (Lipinski definition) is 1. The standard InChI is InChI=1S/C19H19Cl2N3O3/c1-26-18-11-15(24-6-8-27-9-7-24)4-2-14(18)12-22-23-19(25)13-3-5-16(20)17(21)10-13/h2-5,10-12H,6-9H2,1H3,(H,23,25)/b22-12-. The molecule has 8 heteroatoms. The lowest BCUT2D eigenvalue weighted by atomic mass is 10.1. The van der Waals surface area contributed by atoms with E-state index in [0.29, 0.717) is 34.6 Å². The summed E-state index contributed by atoms with van der Waals surface area (Å²) in [6.45, 7) is 3.12. The van der Waals surface area contributed by atoms with E-state index >= 15 is 0 Å². The zero-order valence-electron chi connectivity index (χ0n) is 14.7. The molecular formula is C19H19Cl2N3O3. The average molecular weight is 408 g/mol. The molecule has 1 heterocycles. The monoisotopic (exact) mass is 407 g/mol. The highest BCUT2D eigenvalue weighted by Crippen LogP contribution is 2.25. The van der Waals surface area contributed by atoms with Crippen LogP contribution in [-0.2, 0) is 4.74 Å². The van der Waals surface area contributed by atoms with Crippen LogP contribution in [0.4, 0.5) is 5.69 Å². The fourth-order valence-corrected chi connectivity index (χ4v) is 2.99. The van der Waals surface area contributed by atoms with Crippen molar-refractivity contribution >= 4 is 41.0 Å². The van der Waals surface area contributed by atoms with Crippen molar-refractivity contribution in [3.8, 4) is 5.75 Å². The number of hydrogen-bond acceptors (Lipinski definition) is 5. The van der Waals surface area contributed by atoms with Gasteiger partial charge in [0, 0.05) is 36.0 Å². The summed E-state index contributed by atoms with van der Waals surface area (Å²) in [6.07, 6.45) is 1.54. The maximum atomic E-state index is 12.1. The first-order valence-corrected chi connectivity index (χ1v) is 9.13. The van der Waals surface area contributed by atoms with Crippen LogP contribution in [0.3, 0.4) is 0 Å². The lowest BCUT2D eigenvalue weighted by Crippen LogP contribution is -2.36. The second kappa shape index (κ2) is 9.08. The van der Waals surface area contributed by atoms with Gasteiger partial charge in [-0.1, -0.05) is 23.2 Å². The number of ether oxygens (including phenoxy) is 2. The van der Waals surface area contributed by atoms with Crippen LogP contribution in [0.15, 0.2) is 41.5 Å². The van der Waals surface area contributed by atoms with Gasteiger partial charge in [0.1, 0.15) is 5.75 Å². The maximum absolute atomic E-state index is 12.1. The molecule has 0 unspecified atom stereocenters. The Kier molecular flexibility index (Phi) is 6.55. The molecule has 0 aliphatic carbocycles. The van der Waals surface area contributed by atoms with E-state index in [0.717, 1.165) is 24.3 Å². The predicted molar refractivity (Wildman–Crippen MR) is 108 cm³/mol. The first kappa shape index (κ1) is 19.5. The van der Waals surface area contributed by atoms with E-state index in [-0.39, 0.29) is 5.91 Å². The minimum Gasteiger partial charge on any atom is -0.496 e. The van der Waals surface area contributed by atoms with Crippen molar-refractivity contribution in [1.29, 1.82) is 0 Å². The first-order valence-electron chi connectivity index (χ1n) is 8.37. The molecule has 1 aliphatic heterocycles. The van der Waals surface area contributed by atoms with Crippen molar-refractivity contribution in [1.82, 2.24) is 5.43 Å². The summed E-state index contributed by atoms with van der Waals surface area (Å²) in [7, 11) is 1.60. The van der Waals surface area contributed by atoms with E-state index < -0.39 is 0 Å². The summed E-state index contributed by atoms with van der Waals surface area (Å²) in [5.74, 6) is 0.292. The number of hydrazone groups is 1. The topological polar surface area (TPSA) is 63.2 Å². The second-order valence-electron chi connectivity index (χ2n) is 5.85. The van der Waals surface area contributed by atoms with Crippen molar-refractivity contribution in [3.05, 3.63) is 57.6 Å². The number of nitrogens with zero attached hydrogens (tertiary/aromatic N) is 2. The number of carbonyl (C=O) groups is 1. The third kappa shape index (κ3) is 4.91. The lowest BCUT2D eigenvalue weighted by molar-refractivity contribution is 0.0955. The van der Waals surface area contributed by atoms with Crippen molar-refractivity contribution in [2.24, 2.45) is 5.10 Å². The predicted octanol–water partition coefficient (Wildman–Crippen LogP) is 3.60. The molecule has 3 rings (SSSR count). The molecule has 0 atom stereocenters. The van der Waals surface area contributed by atoms with Crippen LogP contribution < -0.4 is 15.1 Å².